The van der Waals surface area contributed by atoms with Crippen LogP contribution in [0.3, 0.4) is 0 Å². The number of carbonyl (C=O) groups is 1. The summed E-state index contributed by atoms with van der Waals surface area (Å²) in [5, 5.41) is 4.74. The quantitative estimate of drug-likeness (QED) is 0.639. The van der Waals surface area contributed by atoms with E-state index >= 15 is 0 Å². The molecule has 2 aromatic heterocycles. The van der Waals surface area contributed by atoms with Crippen molar-refractivity contribution in [1.82, 2.24) is 19.7 Å². The summed E-state index contributed by atoms with van der Waals surface area (Å²) in [5.41, 5.74) is 5.46. The van der Waals surface area contributed by atoms with E-state index in [1.165, 1.54) is 0 Å². The number of benzene rings is 1. The van der Waals surface area contributed by atoms with Crippen molar-refractivity contribution >= 4 is 17.5 Å². The van der Waals surface area contributed by atoms with Crippen molar-refractivity contribution in [2.75, 3.05) is 13.2 Å². The summed E-state index contributed by atoms with van der Waals surface area (Å²) in [7, 11) is 1.89. The minimum absolute atomic E-state index is 0.0261. The van der Waals surface area contributed by atoms with E-state index < -0.39 is 0 Å². The van der Waals surface area contributed by atoms with Gasteiger partial charge in [0.1, 0.15) is 6.61 Å². The first kappa shape index (κ1) is 19.1. The van der Waals surface area contributed by atoms with Crippen LogP contribution >= 0.6 is 11.6 Å². The molecule has 2 aliphatic heterocycles. The summed E-state index contributed by atoms with van der Waals surface area (Å²) in [4.78, 5) is 19.7. The molecule has 0 spiro atoms. The minimum atomic E-state index is 0.0261. The van der Waals surface area contributed by atoms with E-state index in [2.05, 4.69) is 16.1 Å². The van der Waals surface area contributed by atoms with Crippen molar-refractivity contribution < 1.29 is 9.53 Å². The predicted molar refractivity (Wildman–Crippen MR) is 115 cm³/mol. The molecule has 0 bridgehead atoms. The number of hydrogen-bond donors (Lipinski definition) is 0. The summed E-state index contributed by atoms with van der Waals surface area (Å²) in [6.45, 7) is 3.28. The van der Waals surface area contributed by atoms with Gasteiger partial charge in [-0.05, 0) is 55.0 Å². The first-order chi connectivity index (χ1) is 14.5. The molecule has 154 valence electrons. The average molecular weight is 423 g/mol. The van der Waals surface area contributed by atoms with Crippen molar-refractivity contribution in [3.63, 3.8) is 0 Å². The zero-order valence-corrected chi connectivity index (χ0v) is 17.8. The van der Waals surface area contributed by atoms with Gasteiger partial charge in [-0.3, -0.25) is 14.5 Å². The zero-order valence-electron chi connectivity index (χ0n) is 17.1. The van der Waals surface area contributed by atoms with Gasteiger partial charge >= 0.3 is 0 Å². The second kappa shape index (κ2) is 7.43. The van der Waals surface area contributed by atoms with Gasteiger partial charge < -0.3 is 9.64 Å². The lowest BCUT2D eigenvalue weighted by molar-refractivity contribution is 0.0726. The molecule has 5 rings (SSSR count). The van der Waals surface area contributed by atoms with Gasteiger partial charge in [-0.1, -0.05) is 17.7 Å². The molecule has 0 unspecified atom stereocenters. The van der Waals surface area contributed by atoms with Gasteiger partial charge in [-0.2, -0.15) is 5.10 Å². The van der Waals surface area contributed by atoms with Gasteiger partial charge in [0.05, 0.1) is 28.5 Å². The molecule has 0 saturated carbocycles. The molecule has 7 heteroatoms. The second-order valence-corrected chi connectivity index (χ2v) is 8.47. The van der Waals surface area contributed by atoms with E-state index in [4.69, 9.17) is 16.3 Å². The first-order valence-corrected chi connectivity index (χ1v) is 10.6. The van der Waals surface area contributed by atoms with Gasteiger partial charge in [-0.15, -0.1) is 0 Å². The van der Waals surface area contributed by atoms with E-state index in [1.807, 2.05) is 43.4 Å². The van der Waals surface area contributed by atoms with Crippen LogP contribution in [0.15, 0.2) is 36.8 Å². The number of nitrogens with zero attached hydrogens (tertiary/aromatic N) is 4. The standard InChI is InChI=1S/C23H23ClN4O2/c1-14-16(8-15-5-6-20(25-10-15)17-11-26-27(2)12-17)9-19-22(21(14)24)30-13-18-4-3-7-28(18)23(19)29/h5-6,9-12,18H,3-4,7-8,13H2,1-2H3/t18-/m0/s1. The van der Waals surface area contributed by atoms with Crippen LogP contribution in [0, 0.1) is 6.92 Å². The van der Waals surface area contributed by atoms with Crippen LogP contribution in [0.25, 0.3) is 11.3 Å². The highest BCUT2D eigenvalue weighted by molar-refractivity contribution is 6.33. The van der Waals surface area contributed by atoms with Crippen molar-refractivity contribution in [3.8, 4) is 17.0 Å². The Morgan fingerprint density at radius 3 is 2.90 bits per heavy atom. The number of aromatic nitrogens is 3. The molecule has 1 fully saturated rings. The Labute approximate surface area is 180 Å². The predicted octanol–water partition coefficient (Wildman–Crippen LogP) is 4.03. The van der Waals surface area contributed by atoms with Crippen LogP contribution < -0.4 is 4.74 Å². The van der Waals surface area contributed by atoms with E-state index in [0.717, 1.165) is 47.3 Å². The number of hydrogen-bond acceptors (Lipinski definition) is 4. The van der Waals surface area contributed by atoms with Gasteiger partial charge in [0, 0.05) is 31.5 Å². The third-order valence-corrected chi connectivity index (χ3v) is 6.54. The average Bonchev–Trinajstić information content (AvgIpc) is 3.37. The summed E-state index contributed by atoms with van der Waals surface area (Å²) >= 11 is 6.66. The topological polar surface area (TPSA) is 60.2 Å². The molecule has 4 heterocycles. The molecule has 30 heavy (non-hydrogen) atoms. The Kier molecular flexibility index (Phi) is 4.74. The normalized spacial score (nSPS) is 18.0. The summed E-state index contributed by atoms with van der Waals surface area (Å²) in [6, 6.07) is 6.15. The van der Waals surface area contributed by atoms with Crippen molar-refractivity contribution in [2.45, 2.75) is 32.2 Å². The van der Waals surface area contributed by atoms with Gasteiger partial charge in [0.15, 0.2) is 5.75 Å². The monoisotopic (exact) mass is 422 g/mol. The fourth-order valence-electron chi connectivity index (χ4n) is 4.34. The fraction of sp³-hybridized carbons (Fsp3) is 0.348. The highest BCUT2D eigenvalue weighted by atomic mass is 35.5. The minimum Gasteiger partial charge on any atom is -0.489 e. The van der Waals surface area contributed by atoms with Gasteiger partial charge in [0.25, 0.3) is 5.91 Å². The Bertz CT molecular complexity index is 1120. The lowest BCUT2D eigenvalue weighted by Crippen LogP contribution is -2.36. The molecule has 0 radical (unpaired) electrons. The molecule has 0 aliphatic carbocycles. The number of pyridine rings is 1. The number of fused-ring (bicyclic) bond motifs is 2. The highest BCUT2D eigenvalue weighted by Gasteiger charge is 2.35. The largest absolute Gasteiger partial charge is 0.489 e. The SMILES string of the molecule is Cc1c(Cc2ccc(-c3cnn(C)c3)nc2)cc2c(c1Cl)OC[C@@H]1CCCN1C2=O. The zero-order chi connectivity index (χ0) is 20.8. The summed E-state index contributed by atoms with van der Waals surface area (Å²) < 4.78 is 7.76. The maximum Gasteiger partial charge on any atom is 0.258 e. The van der Waals surface area contributed by atoms with E-state index in [9.17, 15) is 4.79 Å². The Hall–Kier alpha value is -2.86. The van der Waals surface area contributed by atoms with Crippen LogP contribution in [0.4, 0.5) is 0 Å². The Morgan fingerprint density at radius 1 is 1.30 bits per heavy atom. The third-order valence-electron chi connectivity index (χ3n) is 6.08. The van der Waals surface area contributed by atoms with Crippen molar-refractivity contribution in [1.29, 1.82) is 0 Å². The molecule has 1 saturated heterocycles. The number of rotatable bonds is 3. The van der Waals surface area contributed by atoms with E-state index in [1.54, 1.807) is 10.9 Å². The van der Waals surface area contributed by atoms with E-state index in [0.29, 0.717) is 29.4 Å². The highest BCUT2D eigenvalue weighted by Crippen LogP contribution is 2.39. The maximum absolute atomic E-state index is 13.2. The molecular formula is C23H23ClN4O2. The van der Waals surface area contributed by atoms with Gasteiger partial charge in [-0.25, -0.2) is 0 Å². The van der Waals surface area contributed by atoms with Crippen LogP contribution in [0.1, 0.15) is 39.9 Å². The number of ether oxygens (including phenoxy) is 1. The molecule has 1 amide bonds. The van der Waals surface area contributed by atoms with Crippen molar-refractivity contribution in [2.24, 2.45) is 7.05 Å². The number of carbonyl (C=O) groups excluding carboxylic acids is 1. The Balaban J connectivity index is 1.46. The van der Waals surface area contributed by atoms with Gasteiger partial charge in [0.2, 0.25) is 0 Å². The maximum atomic E-state index is 13.2. The van der Waals surface area contributed by atoms with Crippen LogP contribution in [-0.4, -0.2) is 44.8 Å². The lowest BCUT2D eigenvalue weighted by Gasteiger charge is -2.20. The van der Waals surface area contributed by atoms with Crippen molar-refractivity contribution in [3.05, 3.63) is 64.1 Å². The smallest absolute Gasteiger partial charge is 0.258 e. The van der Waals surface area contributed by atoms with Crippen LogP contribution in [-0.2, 0) is 13.5 Å². The van der Waals surface area contributed by atoms with Crippen LogP contribution in [0.5, 0.6) is 5.75 Å². The number of halogens is 1. The first-order valence-electron chi connectivity index (χ1n) is 10.2. The number of amides is 1. The molecule has 0 N–H and O–H groups in total. The molecule has 6 nitrogen and oxygen atoms in total. The lowest BCUT2D eigenvalue weighted by atomic mass is 9.97. The molecule has 1 aromatic carbocycles. The Morgan fingerprint density at radius 2 is 2.17 bits per heavy atom. The number of aryl methyl sites for hydroxylation is 1. The molecule has 1 atom stereocenters. The third kappa shape index (κ3) is 3.25. The van der Waals surface area contributed by atoms with Crippen LogP contribution in [0.2, 0.25) is 5.02 Å². The second-order valence-electron chi connectivity index (χ2n) is 8.09. The fourth-order valence-corrected chi connectivity index (χ4v) is 4.62. The molecular weight excluding hydrogens is 400 g/mol. The molecule has 2 aliphatic rings. The molecule has 3 aromatic rings. The van der Waals surface area contributed by atoms with E-state index in [-0.39, 0.29) is 11.9 Å². The summed E-state index contributed by atoms with van der Waals surface area (Å²) in [5.74, 6) is 0.556. The summed E-state index contributed by atoms with van der Waals surface area (Å²) in [6.07, 6.45) is 8.27.